The van der Waals surface area contributed by atoms with Crippen molar-refractivity contribution in [2.45, 2.75) is 20.8 Å². The average molecular weight is 349 g/mol. The lowest BCUT2D eigenvalue weighted by molar-refractivity contribution is -0.121. The van der Waals surface area contributed by atoms with Gasteiger partial charge in [-0.2, -0.15) is 0 Å². The van der Waals surface area contributed by atoms with Crippen molar-refractivity contribution in [2.75, 3.05) is 51.8 Å². The van der Waals surface area contributed by atoms with Crippen molar-refractivity contribution in [1.29, 1.82) is 0 Å². The molecule has 0 bridgehead atoms. The van der Waals surface area contributed by atoms with Crippen LogP contribution in [0.5, 0.6) is 11.5 Å². The molecule has 1 aliphatic rings. The first-order valence-corrected chi connectivity index (χ1v) is 9.13. The standard InChI is InChI=1S/C19H31N3O3/c1-5-22(6-2)9-10-25-18-11-16(7-8-17(18)24-4)21-19(23)14(3)15-12-20-13-15/h7-8,11,14-15,20H,5-6,9-10,12-13H2,1-4H3,(H,21,23). The number of hydrogen-bond acceptors (Lipinski definition) is 5. The van der Waals surface area contributed by atoms with Gasteiger partial charge in [-0.3, -0.25) is 4.79 Å². The number of amides is 1. The molecule has 0 saturated carbocycles. The lowest BCUT2D eigenvalue weighted by Gasteiger charge is -2.31. The molecule has 2 N–H and O–H groups in total. The fourth-order valence-corrected chi connectivity index (χ4v) is 2.83. The number of nitrogens with zero attached hydrogens (tertiary/aromatic N) is 1. The topological polar surface area (TPSA) is 62.8 Å². The van der Waals surface area contributed by atoms with E-state index < -0.39 is 0 Å². The average Bonchev–Trinajstić information content (AvgIpc) is 2.57. The third-order valence-corrected chi connectivity index (χ3v) is 4.92. The summed E-state index contributed by atoms with van der Waals surface area (Å²) in [6.07, 6.45) is 0. The minimum Gasteiger partial charge on any atom is -0.493 e. The van der Waals surface area contributed by atoms with E-state index in [0.29, 0.717) is 24.0 Å². The van der Waals surface area contributed by atoms with Gasteiger partial charge in [0.1, 0.15) is 6.61 Å². The van der Waals surface area contributed by atoms with Gasteiger partial charge in [-0.15, -0.1) is 0 Å². The molecule has 1 saturated heterocycles. The van der Waals surface area contributed by atoms with Gasteiger partial charge >= 0.3 is 0 Å². The zero-order valence-electron chi connectivity index (χ0n) is 15.8. The molecule has 6 heteroatoms. The number of methoxy groups -OCH3 is 1. The summed E-state index contributed by atoms with van der Waals surface area (Å²) in [6.45, 7) is 11.5. The first-order chi connectivity index (χ1) is 12.1. The summed E-state index contributed by atoms with van der Waals surface area (Å²) in [5.74, 6) is 1.79. The maximum absolute atomic E-state index is 12.4. The minimum absolute atomic E-state index is 0.00427. The van der Waals surface area contributed by atoms with E-state index in [4.69, 9.17) is 9.47 Å². The Labute approximate surface area is 150 Å². The Morgan fingerprint density at radius 2 is 2.04 bits per heavy atom. The molecule has 1 heterocycles. The van der Waals surface area contributed by atoms with E-state index in [-0.39, 0.29) is 11.8 Å². The van der Waals surface area contributed by atoms with Crippen molar-refractivity contribution in [3.05, 3.63) is 18.2 Å². The lowest BCUT2D eigenvalue weighted by atomic mass is 9.88. The number of carbonyl (C=O) groups is 1. The van der Waals surface area contributed by atoms with E-state index in [9.17, 15) is 4.79 Å². The maximum Gasteiger partial charge on any atom is 0.227 e. The van der Waals surface area contributed by atoms with Crippen molar-refractivity contribution >= 4 is 11.6 Å². The van der Waals surface area contributed by atoms with Gasteiger partial charge in [0.15, 0.2) is 11.5 Å². The Bertz CT molecular complexity index is 557. The van der Waals surface area contributed by atoms with E-state index in [1.54, 1.807) is 7.11 Å². The second-order valence-electron chi connectivity index (χ2n) is 6.44. The maximum atomic E-state index is 12.4. The van der Waals surface area contributed by atoms with Crippen LogP contribution in [-0.2, 0) is 4.79 Å². The molecule has 25 heavy (non-hydrogen) atoms. The van der Waals surface area contributed by atoms with Gasteiger partial charge in [-0.25, -0.2) is 0 Å². The van der Waals surface area contributed by atoms with E-state index in [0.717, 1.165) is 38.4 Å². The first kappa shape index (κ1) is 19.5. The number of hydrogen-bond donors (Lipinski definition) is 2. The number of carbonyl (C=O) groups excluding carboxylic acids is 1. The lowest BCUT2D eigenvalue weighted by Crippen LogP contribution is -2.48. The SMILES string of the molecule is CCN(CC)CCOc1cc(NC(=O)C(C)C2CNC2)ccc1OC. The molecular formula is C19H31N3O3. The van der Waals surface area contributed by atoms with Crippen LogP contribution in [0.15, 0.2) is 18.2 Å². The molecule has 0 aromatic heterocycles. The number of anilines is 1. The Balaban J connectivity index is 1.96. The molecule has 0 aliphatic carbocycles. The van der Waals surface area contributed by atoms with Crippen LogP contribution in [0.4, 0.5) is 5.69 Å². The van der Waals surface area contributed by atoms with E-state index in [1.165, 1.54) is 0 Å². The van der Waals surface area contributed by atoms with Crippen molar-refractivity contribution in [1.82, 2.24) is 10.2 Å². The zero-order valence-corrected chi connectivity index (χ0v) is 15.8. The highest BCUT2D eigenvalue weighted by Crippen LogP contribution is 2.30. The molecule has 0 radical (unpaired) electrons. The van der Waals surface area contributed by atoms with E-state index >= 15 is 0 Å². The van der Waals surface area contributed by atoms with Crippen molar-refractivity contribution in [3.8, 4) is 11.5 Å². The number of likely N-dealkylation sites (N-methyl/N-ethyl adjacent to an activating group) is 1. The summed E-state index contributed by atoms with van der Waals surface area (Å²) < 4.78 is 11.3. The highest BCUT2D eigenvalue weighted by Gasteiger charge is 2.28. The van der Waals surface area contributed by atoms with Crippen molar-refractivity contribution < 1.29 is 14.3 Å². The molecule has 1 aliphatic heterocycles. The van der Waals surface area contributed by atoms with Gasteiger partial charge in [-0.1, -0.05) is 20.8 Å². The number of benzene rings is 1. The molecule has 6 nitrogen and oxygen atoms in total. The molecule has 2 rings (SSSR count). The fraction of sp³-hybridized carbons (Fsp3) is 0.632. The zero-order chi connectivity index (χ0) is 18.2. The molecule has 1 unspecified atom stereocenters. The molecule has 1 amide bonds. The summed E-state index contributed by atoms with van der Waals surface area (Å²) in [6, 6.07) is 5.52. The van der Waals surface area contributed by atoms with Crippen molar-refractivity contribution in [2.24, 2.45) is 11.8 Å². The second kappa shape index (κ2) is 9.63. The highest BCUT2D eigenvalue weighted by atomic mass is 16.5. The Hall–Kier alpha value is -1.79. The highest BCUT2D eigenvalue weighted by molar-refractivity contribution is 5.93. The van der Waals surface area contributed by atoms with Crippen LogP contribution in [0.1, 0.15) is 20.8 Å². The smallest absolute Gasteiger partial charge is 0.227 e. The predicted molar refractivity (Wildman–Crippen MR) is 100 cm³/mol. The summed E-state index contributed by atoms with van der Waals surface area (Å²) in [5.41, 5.74) is 0.739. The van der Waals surface area contributed by atoms with E-state index in [1.807, 2.05) is 25.1 Å². The molecule has 140 valence electrons. The third kappa shape index (κ3) is 5.34. The molecular weight excluding hydrogens is 318 g/mol. The van der Waals surface area contributed by atoms with Gasteiger partial charge in [-0.05, 0) is 44.2 Å². The monoisotopic (exact) mass is 349 g/mol. The molecule has 1 aromatic carbocycles. The fourth-order valence-electron chi connectivity index (χ4n) is 2.83. The van der Waals surface area contributed by atoms with Crippen LogP contribution in [0.3, 0.4) is 0 Å². The van der Waals surface area contributed by atoms with Gasteiger partial charge in [0.25, 0.3) is 0 Å². The second-order valence-corrected chi connectivity index (χ2v) is 6.44. The summed E-state index contributed by atoms with van der Waals surface area (Å²) in [5, 5.41) is 6.20. The quantitative estimate of drug-likeness (QED) is 0.678. The van der Waals surface area contributed by atoms with Gasteiger partial charge in [0.05, 0.1) is 7.11 Å². The predicted octanol–water partition coefficient (Wildman–Crippen LogP) is 2.21. The first-order valence-electron chi connectivity index (χ1n) is 9.13. The van der Waals surface area contributed by atoms with Gasteiger partial charge in [0.2, 0.25) is 5.91 Å². The van der Waals surface area contributed by atoms with Crippen LogP contribution < -0.4 is 20.1 Å². The van der Waals surface area contributed by atoms with Crippen LogP contribution in [-0.4, -0.2) is 57.2 Å². The largest absolute Gasteiger partial charge is 0.493 e. The van der Waals surface area contributed by atoms with Gasteiger partial charge < -0.3 is 25.0 Å². The number of ether oxygens (including phenoxy) is 2. The van der Waals surface area contributed by atoms with Crippen LogP contribution >= 0.6 is 0 Å². The normalized spacial score (nSPS) is 15.6. The number of rotatable bonds is 10. The van der Waals surface area contributed by atoms with Crippen LogP contribution in [0, 0.1) is 11.8 Å². The van der Waals surface area contributed by atoms with Crippen molar-refractivity contribution in [3.63, 3.8) is 0 Å². The molecule has 1 atom stereocenters. The van der Waals surface area contributed by atoms with Crippen LogP contribution in [0.2, 0.25) is 0 Å². The van der Waals surface area contributed by atoms with E-state index in [2.05, 4.69) is 29.4 Å². The molecule has 1 aromatic rings. The Morgan fingerprint density at radius 1 is 1.32 bits per heavy atom. The Kier molecular flexibility index (Phi) is 7.52. The third-order valence-electron chi connectivity index (χ3n) is 4.92. The minimum atomic E-state index is -0.00427. The van der Waals surface area contributed by atoms with Gasteiger partial charge in [0, 0.05) is 24.2 Å². The Morgan fingerprint density at radius 3 is 2.60 bits per heavy atom. The summed E-state index contributed by atoms with van der Waals surface area (Å²) in [7, 11) is 1.62. The number of nitrogens with one attached hydrogen (secondary N) is 2. The summed E-state index contributed by atoms with van der Waals surface area (Å²) in [4.78, 5) is 14.7. The molecule has 0 spiro atoms. The molecule has 1 fully saturated rings. The van der Waals surface area contributed by atoms with Crippen LogP contribution in [0.25, 0.3) is 0 Å². The summed E-state index contributed by atoms with van der Waals surface area (Å²) >= 11 is 0.